The van der Waals surface area contributed by atoms with Crippen molar-refractivity contribution in [2.24, 2.45) is 11.5 Å². The van der Waals surface area contributed by atoms with Crippen molar-refractivity contribution in [3.8, 4) is 0 Å². The zero-order valence-corrected chi connectivity index (χ0v) is 8.92. The molecule has 0 amide bonds. The van der Waals surface area contributed by atoms with E-state index >= 15 is 0 Å². The molecule has 0 fully saturated rings. The quantitative estimate of drug-likeness (QED) is 0.726. The van der Waals surface area contributed by atoms with Gasteiger partial charge in [-0.3, -0.25) is 0 Å². The van der Waals surface area contributed by atoms with Gasteiger partial charge in [0.25, 0.3) is 0 Å². The number of hydrogen-bond donors (Lipinski definition) is 2. The first-order chi connectivity index (χ1) is 6.18. The van der Waals surface area contributed by atoms with E-state index in [-0.39, 0.29) is 12.1 Å². The molecular formula is C10H13BrN2. The molecule has 0 heterocycles. The van der Waals surface area contributed by atoms with Gasteiger partial charge in [0.1, 0.15) is 0 Å². The lowest BCUT2D eigenvalue weighted by Crippen LogP contribution is -2.38. The summed E-state index contributed by atoms with van der Waals surface area (Å²) in [7, 11) is 0. The van der Waals surface area contributed by atoms with Gasteiger partial charge in [-0.1, -0.05) is 22.0 Å². The number of nitrogens with two attached hydrogens (primary N) is 2. The minimum absolute atomic E-state index is 0.00116. The van der Waals surface area contributed by atoms with Crippen LogP contribution in [0, 0.1) is 0 Å². The Morgan fingerprint density at radius 2 is 2.08 bits per heavy atom. The fraction of sp³-hybridized carbons (Fsp3) is 0.400. The molecule has 0 radical (unpaired) electrons. The van der Waals surface area contributed by atoms with E-state index in [1.54, 1.807) is 0 Å². The predicted molar refractivity (Wildman–Crippen MR) is 57.4 cm³/mol. The third-order valence-corrected chi connectivity index (χ3v) is 3.17. The maximum absolute atomic E-state index is 6.01. The number of aryl methyl sites for hydroxylation is 1. The van der Waals surface area contributed by atoms with Crippen LogP contribution in [-0.2, 0) is 6.42 Å². The van der Waals surface area contributed by atoms with Crippen molar-refractivity contribution in [1.82, 2.24) is 0 Å². The average molecular weight is 241 g/mol. The minimum atomic E-state index is 0.00116. The summed E-state index contributed by atoms with van der Waals surface area (Å²) in [5.41, 5.74) is 14.5. The molecule has 0 aromatic heterocycles. The Kier molecular flexibility index (Phi) is 2.41. The van der Waals surface area contributed by atoms with Crippen LogP contribution in [0.25, 0.3) is 0 Å². The first kappa shape index (κ1) is 9.19. The summed E-state index contributed by atoms with van der Waals surface area (Å²) >= 11 is 3.44. The Morgan fingerprint density at radius 1 is 1.31 bits per heavy atom. The van der Waals surface area contributed by atoms with Crippen LogP contribution in [-0.4, -0.2) is 6.04 Å². The zero-order valence-electron chi connectivity index (χ0n) is 7.33. The van der Waals surface area contributed by atoms with Gasteiger partial charge in [-0.25, -0.2) is 0 Å². The van der Waals surface area contributed by atoms with Gasteiger partial charge in [-0.2, -0.15) is 0 Å². The van der Waals surface area contributed by atoms with E-state index in [0.717, 1.165) is 17.3 Å². The van der Waals surface area contributed by atoms with Crippen LogP contribution in [0.5, 0.6) is 0 Å². The van der Waals surface area contributed by atoms with Crippen LogP contribution >= 0.6 is 15.9 Å². The lowest BCUT2D eigenvalue weighted by atomic mass is 9.85. The maximum atomic E-state index is 6.01. The van der Waals surface area contributed by atoms with Crippen LogP contribution in [0.4, 0.5) is 0 Å². The second-order valence-electron chi connectivity index (χ2n) is 3.57. The number of hydrogen-bond acceptors (Lipinski definition) is 2. The van der Waals surface area contributed by atoms with Gasteiger partial charge in [0, 0.05) is 16.6 Å². The summed E-state index contributed by atoms with van der Waals surface area (Å²) in [6.07, 6.45) is 2.05. The van der Waals surface area contributed by atoms with Gasteiger partial charge in [-0.05, 0) is 36.1 Å². The molecule has 2 nitrogen and oxygen atoms in total. The van der Waals surface area contributed by atoms with Crippen molar-refractivity contribution < 1.29 is 0 Å². The smallest absolute Gasteiger partial charge is 0.0451 e. The Labute approximate surface area is 86.4 Å². The topological polar surface area (TPSA) is 52.0 Å². The zero-order chi connectivity index (χ0) is 9.42. The summed E-state index contributed by atoms with van der Waals surface area (Å²) in [6.45, 7) is 0. The van der Waals surface area contributed by atoms with Gasteiger partial charge >= 0.3 is 0 Å². The van der Waals surface area contributed by atoms with Crippen LogP contribution in [0.2, 0.25) is 0 Å². The number of halogens is 1. The van der Waals surface area contributed by atoms with E-state index < -0.39 is 0 Å². The molecule has 13 heavy (non-hydrogen) atoms. The Balaban J connectivity index is 2.45. The Hall–Kier alpha value is -0.380. The van der Waals surface area contributed by atoms with E-state index in [9.17, 15) is 0 Å². The fourth-order valence-electron chi connectivity index (χ4n) is 1.84. The van der Waals surface area contributed by atoms with Crippen molar-refractivity contribution in [2.45, 2.75) is 24.9 Å². The van der Waals surface area contributed by atoms with Gasteiger partial charge in [0.15, 0.2) is 0 Å². The van der Waals surface area contributed by atoms with E-state index in [2.05, 4.69) is 34.1 Å². The fourth-order valence-corrected chi connectivity index (χ4v) is 2.21. The molecule has 0 aliphatic heterocycles. The normalized spacial score (nSPS) is 27.0. The maximum Gasteiger partial charge on any atom is 0.0451 e. The van der Waals surface area contributed by atoms with E-state index in [1.807, 2.05) is 0 Å². The molecule has 4 N–H and O–H groups in total. The Morgan fingerprint density at radius 3 is 2.85 bits per heavy atom. The van der Waals surface area contributed by atoms with Crippen LogP contribution in [0.15, 0.2) is 22.7 Å². The first-order valence-electron chi connectivity index (χ1n) is 4.48. The predicted octanol–water partition coefficient (Wildman–Crippen LogP) is 1.72. The van der Waals surface area contributed by atoms with Crippen molar-refractivity contribution in [3.05, 3.63) is 33.8 Å². The van der Waals surface area contributed by atoms with Crippen molar-refractivity contribution in [3.63, 3.8) is 0 Å². The highest BCUT2D eigenvalue weighted by atomic mass is 79.9. The first-order valence-corrected chi connectivity index (χ1v) is 5.27. The highest BCUT2D eigenvalue weighted by Crippen LogP contribution is 2.29. The van der Waals surface area contributed by atoms with Crippen molar-refractivity contribution in [2.75, 3.05) is 0 Å². The molecule has 0 saturated carbocycles. The molecule has 0 spiro atoms. The third kappa shape index (κ3) is 1.64. The van der Waals surface area contributed by atoms with Crippen molar-refractivity contribution >= 4 is 15.9 Å². The molecule has 1 aliphatic rings. The summed E-state index contributed by atoms with van der Waals surface area (Å²) in [4.78, 5) is 0. The SMILES string of the molecule is N[C@H]1CCc2ccc(Br)cc2[C@@H]1N. The van der Waals surface area contributed by atoms with Crippen LogP contribution in [0.3, 0.4) is 0 Å². The summed E-state index contributed by atoms with van der Waals surface area (Å²) in [5.74, 6) is 0. The van der Waals surface area contributed by atoms with E-state index in [0.29, 0.717) is 0 Å². The second kappa shape index (κ2) is 3.40. The Bertz CT molecular complexity index is 325. The minimum Gasteiger partial charge on any atom is -0.326 e. The summed E-state index contributed by atoms with van der Waals surface area (Å²) in [5, 5.41) is 0. The molecule has 3 heteroatoms. The van der Waals surface area contributed by atoms with Gasteiger partial charge in [-0.15, -0.1) is 0 Å². The molecule has 1 aliphatic carbocycles. The summed E-state index contributed by atoms with van der Waals surface area (Å²) < 4.78 is 1.08. The van der Waals surface area contributed by atoms with Crippen molar-refractivity contribution in [1.29, 1.82) is 0 Å². The van der Waals surface area contributed by atoms with Gasteiger partial charge in [0.2, 0.25) is 0 Å². The largest absolute Gasteiger partial charge is 0.326 e. The average Bonchev–Trinajstić information content (AvgIpc) is 2.12. The standard InChI is InChI=1S/C10H13BrN2/c11-7-3-1-6-2-4-9(12)10(13)8(6)5-7/h1,3,5,9-10H,2,4,12-13H2/t9-,10-/m0/s1. The molecule has 0 bridgehead atoms. The lowest BCUT2D eigenvalue weighted by Gasteiger charge is -2.28. The molecule has 1 aromatic carbocycles. The highest BCUT2D eigenvalue weighted by molar-refractivity contribution is 9.10. The molecular weight excluding hydrogens is 228 g/mol. The summed E-state index contributed by atoms with van der Waals surface area (Å²) in [6, 6.07) is 6.38. The number of benzene rings is 1. The molecule has 0 unspecified atom stereocenters. The van der Waals surface area contributed by atoms with Crippen LogP contribution < -0.4 is 11.5 Å². The second-order valence-corrected chi connectivity index (χ2v) is 4.49. The molecule has 2 rings (SSSR count). The number of rotatable bonds is 0. The molecule has 70 valence electrons. The monoisotopic (exact) mass is 240 g/mol. The van der Waals surface area contributed by atoms with Gasteiger partial charge < -0.3 is 11.5 Å². The van der Waals surface area contributed by atoms with Crippen LogP contribution in [0.1, 0.15) is 23.6 Å². The van der Waals surface area contributed by atoms with E-state index in [1.165, 1.54) is 11.1 Å². The molecule has 1 aromatic rings. The lowest BCUT2D eigenvalue weighted by molar-refractivity contribution is 0.481. The highest BCUT2D eigenvalue weighted by Gasteiger charge is 2.23. The third-order valence-electron chi connectivity index (χ3n) is 2.68. The molecule has 0 saturated heterocycles. The van der Waals surface area contributed by atoms with E-state index in [4.69, 9.17) is 11.5 Å². The number of fused-ring (bicyclic) bond motifs is 1. The van der Waals surface area contributed by atoms with Gasteiger partial charge in [0.05, 0.1) is 0 Å². The molecule has 2 atom stereocenters.